The minimum atomic E-state index is -0.433. The van der Waals surface area contributed by atoms with Crippen molar-refractivity contribution in [2.45, 2.75) is 69.8 Å². The van der Waals surface area contributed by atoms with Gasteiger partial charge in [0.1, 0.15) is 0 Å². The van der Waals surface area contributed by atoms with E-state index in [-0.39, 0.29) is 24.0 Å². The van der Waals surface area contributed by atoms with Crippen LogP contribution >= 0.6 is 0 Å². The number of piperidine rings is 1. The maximum absolute atomic E-state index is 11.0. The number of nitrogens with one attached hydrogen (secondary N) is 1. The average Bonchev–Trinajstić information content (AvgIpc) is 3.25. The molecular weight excluding hydrogens is 382 g/mol. The van der Waals surface area contributed by atoms with Crippen molar-refractivity contribution < 1.29 is 10.0 Å². The molecule has 1 saturated carbocycles. The lowest BCUT2D eigenvalue weighted by Crippen LogP contribution is -2.40. The third-order valence-electron chi connectivity index (χ3n) is 6.47. The first kappa shape index (κ1) is 21.0. The van der Waals surface area contributed by atoms with E-state index in [2.05, 4.69) is 39.6 Å². The van der Waals surface area contributed by atoms with Crippen LogP contribution in [0.4, 0.5) is 5.82 Å². The molecule has 1 aromatic carbocycles. The van der Waals surface area contributed by atoms with E-state index in [1.165, 1.54) is 17.2 Å². The van der Waals surface area contributed by atoms with Gasteiger partial charge in [0.25, 0.3) is 0 Å². The molecule has 2 atom stereocenters. The van der Waals surface area contributed by atoms with E-state index in [4.69, 9.17) is 0 Å². The summed E-state index contributed by atoms with van der Waals surface area (Å²) < 4.78 is 1.78. The Kier molecular flexibility index (Phi) is 6.76. The van der Waals surface area contributed by atoms with Crippen molar-refractivity contribution in [1.29, 1.82) is 0 Å². The molecule has 0 radical (unpaired) electrons. The van der Waals surface area contributed by atoms with Gasteiger partial charge in [0.05, 0.1) is 29.5 Å². The van der Waals surface area contributed by atoms with E-state index in [0.29, 0.717) is 0 Å². The molecule has 1 aromatic heterocycles. The first-order valence-corrected chi connectivity index (χ1v) is 11.0. The molecule has 162 valence electrons. The standard InChI is InChI=1S/C22H31N5O3/c28-19-9-12-25(13-10-19)16-18-6-2-1-5-17(18)15-23-20-7-3-4-8-21(20)26-14-11-22(24-26)27(29)30/h1-2,5-6,11,14,19-21,23,28H,3-4,7-10,12-13,15-16H2. The number of hydrogen-bond acceptors (Lipinski definition) is 6. The minimum Gasteiger partial charge on any atom is -0.393 e. The normalized spacial score (nSPS) is 23.5. The Morgan fingerprint density at radius 1 is 1.10 bits per heavy atom. The van der Waals surface area contributed by atoms with E-state index >= 15 is 0 Å². The first-order chi connectivity index (χ1) is 14.6. The third-order valence-corrected chi connectivity index (χ3v) is 6.47. The fourth-order valence-electron chi connectivity index (χ4n) is 4.72. The number of nitro groups is 1. The molecule has 8 heteroatoms. The van der Waals surface area contributed by atoms with Gasteiger partial charge in [-0.1, -0.05) is 37.1 Å². The van der Waals surface area contributed by atoms with E-state index in [1.807, 2.05) is 0 Å². The highest BCUT2D eigenvalue weighted by Gasteiger charge is 2.30. The fourth-order valence-corrected chi connectivity index (χ4v) is 4.72. The van der Waals surface area contributed by atoms with Gasteiger partial charge in [-0.3, -0.25) is 4.90 Å². The molecule has 2 heterocycles. The van der Waals surface area contributed by atoms with Gasteiger partial charge in [0.15, 0.2) is 0 Å². The lowest BCUT2D eigenvalue weighted by molar-refractivity contribution is -0.389. The first-order valence-electron chi connectivity index (χ1n) is 11.0. The summed E-state index contributed by atoms with van der Waals surface area (Å²) in [5.41, 5.74) is 2.61. The lowest BCUT2D eigenvalue weighted by atomic mass is 9.90. The van der Waals surface area contributed by atoms with Crippen LogP contribution in [0.15, 0.2) is 36.5 Å². The Labute approximate surface area is 177 Å². The van der Waals surface area contributed by atoms with E-state index in [0.717, 1.165) is 64.7 Å². The predicted octanol–water partition coefficient (Wildman–Crippen LogP) is 3.02. The number of aliphatic hydroxyl groups is 1. The molecule has 30 heavy (non-hydrogen) atoms. The lowest BCUT2D eigenvalue weighted by Gasteiger charge is -2.32. The van der Waals surface area contributed by atoms with Crippen molar-refractivity contribution in [2.75, 3.05) is 13.1 Å². The number of benzene rings is 1. The number of aliphatic hydroxyl groups excluding tert-OH is 1. The molecule has 2 fully saturated rings. The second-order valence-corrected chi connectivity index (χ2v) is 8.53. The molecule has 4 rings (SSSR count). The topological polar surface area (TPSA) is 96.5 Å². The third kappa shape index (κ3) is 5.06. The highest BCUT2D eigenvalue weighted by molar-refractivity contribution is 5.27. The van der Waals surface area contributed by atoms with E-state index in [9.17, 15) is 15.2 Å². The molecule has 1 saturated heterocycles. The van der Waals surface area contributed by atoms with Crippen LogP contribution in [0.5, 0.6) is 0 Å². The van der Waals surface area contributed by atoms with Crippen LogP contribution in [0.1, 0.15) is 55.7 Å². The monoisotopic (exact) mass is 413 g/mol. The maximum atomic E-state index is 11.0. The van der Waals surface area contributed by atoms with E-state index < -0.39 is 4.92 Å². The Morgan fingerprint density at radius 3 is 2.57 bits per heavy atom. The maximum Gasteiger partial charge on any atom is 0.389 e. The molecule has 2 aromatic rings. The Morgan fingerprint density at radius 2 is 1.83 bits per heavy atom. The fraction of sp³-hybridized carbons (Fsp3) is 0.591. The zero-order valence-electron chi connectivity index (χ0n) is 17.3. The van der Waals surface area contributed by atoms with Crippen LogP contribution in [0.25, 0.3) is 0 Å². The van der Waals surface area contributed by atoms with Gasteiger partial charge in [-0.25, -0.2) is 0 Å². The van der Waals surface area contributed by atoms with Crippen molar-refractivity contribution in [3.8, 4) is 0 Å². The Bertz CT molecular complexity index is 847. The van der Waals surface area contributed by atoms with Crippen LogP contribution in [0.2, 0.25) is 0 Å². The van der Waals surface area contributed by atoms with Crippen molar-refractivity contribution >= 4 is 5.82 Å². The molecule has 1 aliphatic heterocycles. The molecule has 2 aliphatic rings. The second-order valence-electron chi connectivity index (χ2n) is 8.53. The molecule has 2 N–H and O–H groups in total. The summed E-state index contributed by atoms with van der Waals surface area (Å²) in [5, 5.41) is 28.7. The van der Waals surface area contributed by atoms with Crippen LogP contribution in [-0.4, -0.2) is 49.9 Å². The van der Waals surface area contributed by atoms with Gasteiger partial charge >= 0.3 is 5.82 Å². The van der Waals surface area contributed by atoms with E-state index in [1.54, 1.807) is 10.9 Å². The summed E-state index contributed by atoms with van der Waals surface area (Å²) in [6.07, 6.45) is 7.59. The summed E-state index contributed by atoms with van der Waals surface area (Å²) in [5.74, 6) is -0.0867. The quantitative estimate of drug-likeness (QED) is 0.535. The smallest absolute Gasteiger partial charge is 0.389 e. The molecule has 0 amide bonds. The zero-order chi connectivity index (χ0) is 20.9. The summed E-state index contributed by atoms with van der Waals surface area (Å²) in [6.45, 7) is 3.55. The minimum absolute atomic E-state index is 0.0867. The average molecular weight is 414 g/mol. The number of aromatic nitrogens is 2. The van der Waals surface area contributed by atoms with Crippen LogP contribution in [-0.2, 0) is 13.1 Å². The van der Waals surface area contributed by atoms with Crippen LogP contribution in [0, 0.1) is 10.1 Å². The highest BCUT2D eigenvalue weighted by Crippen LogP contribution is 2.29. The van der Waals surface area contributed by atoms with Crippen LogP contribution in [0.3, 0.4) is 0 Å². The molecule has 0 spiro atoms. The summed E-state index contributed by atoms with van der Waals surface area (Å²) in [4.78, 5) is 13.0. The number of nitrogens with zero attached hydrogens (tertiary/aromatic N) is 4. The summed E-state index contributed by atoms with van der Waals surface area (Å²) in [7, 11) is 0. The van der Waals surface area contributed by atoms with Gasteiger partial charge in [0.2, 0.25) is 0 Å². The number of rotatable bonds is 7. The van der Waals surface area contributed by atoms with Crippen molar-refractivity contribution in [1.82, 2.24) is 20.0 Å². The summed E-state index contributed by atoms with van der Waals surface area (Å²) in [6, 6.07) is 10.4. The molecule has 0 bridgehead atoms. The molecule has 8 nitrogen and oxygen atoms in total. The van der Waals surface area contributed by atoms with Gasteiger partial charge < -0.3 is 20.5 Å². The van der Waals surface area contributed by atoms with Crippen LogP contribution < -0.4 is 5.32 Å². The van der Waals surface area contributed by atoms with Gasteiger partial charge in [-0.05, 0) is 41.7 Å². The Hall–Kier alpha value is -2.29. The summed E-state index contributed by atoms with van der Waals surface area (Å²) >= 11 is 0. The molecule has 2 unspecified atom stereocenters. The number of hydrogen-bond donors (Lipinski definition) is 2. The van der Waals surface area contributed by atoms with Gasteiger partial charge in [-0.2, -0.15) is 4.68 Å². The predicted molar refractivity (Wildman–Crippen MR) is 114 cm³/mol. The largest absolute Gasteiger partial charge is 0.393 e. The van der Waals surface area contributed by atoms with Gasteiger partial charge in [-0.15, -0.1) is 0 Å². The highest BCUT2D eigenvalue weighted by atomic mass is 16.6. The van der Waals surface area contributed by atoms with Crippen molar-refractivity contribution in [3.63, 3.8) is 0 Å². The Balaban J connectivity index is 1.41. The van der Waals surface area contributed by atoms with Crippen molar-refractivity contribution in [3.05, 3.63) is 57.8 Å². The zero-order valence-corrected chi connectivity index (χ0v) is 17.3. The second kappa shape index (κ2) is 9.68. The molecule has 1 aliphatic carbocycles. The van der Waals surface area contributed by atoms with Gasteiger partial charge in [0, 0.05) is 32.2 Å². The van der Waals surface area contributed by atoms with Crippen molar-refractivity contribution in [2.24, 2.45) is 0 Å². The number of likely N-dealkylation sites (tertiary alicyclic amines) is 1. The molecular formula is C22H31N5O3. The SMILES string of the molecule is O=[N+]([O-])c1ccn(C2CCCCC2NCc2ccccc2CN2CCC(O)CC2)n1.